The van der Waals surface area contributed by atoms with Crippen molar-refractivity contribution in [2.75, 3.05) is 19.1 Å². The lowest BCUT2D eigenvalue weighted by atomic mass is 10.2. The average Bonchev–Trinajstić information content (AvgIpc) is 2.47. The zero-order valence-electron chi connectivity index (χ0n) is 10.6. The molecule has 2 aromatic rings. The number of hydrogen-bond acceptors (Lipinski definition) is 3. The van der Waals surface area contributed by atoms with E-state index < -0.39 is 0 Å². The van der Waals surface area contributed by atoms with Crippen molar-refractivity contribution in [2.24, 2.45) is 0 Å². The predicted molar refractivity (Wildman–Crippen MR) is 73.4 cm³/mol. The molecule has 0 aliphatic heterocycles. The van der Waals surface area contributed by atoms with Crippen LogP contribution < -0.4 is 9.64 Å². The molecular formula is C15H17NO2. The maximum Gasteiger partial charge on any atom is 0.119 e. The predicted octanol–water partition coefficient (Wildman–Crippen LogP) is 2.96. The van der Waals surface area contributed by atoms with Crippen LogP contribution >= 0.6 is 0 Å². The summed E-state index contributed by atoms with van der Waals surface area (Å²) in [7, 11) is 3.67. The van der Waals surface area contributed by atoms with Gasteiger partial charge in [-0.15, -0.1) is 0 Å². The van der Waals surface area contributed by atoms with Crippen LogP contribution in [0.3, 0.4) is 0 Å². The number of aliphatic hydroxyl groups excluding tert-OH is 1. The van der Waals surface area contributed by atoms with Gasteiger partial charge in [-0.2, -0.15) is 0 Å². The minimum Gasteiger partial charge on any atom is -0.497 e. The molecular weight excluding hydrogens is 226 g/mol. The molecule has 3 heteroatoms. The highest BCUT2D eigenvalue weighted by molar-refractivity contribution is 5.63. The highest BCUT2D eigenvalue weighted by atomic mass is 16.5. The van der Waals surface area contributed by atoms with Gasteiger partial charge in [0.2, 0.25) is 0 Å². The zero-order chi connectivity index (χ0) is 13.0. The van der Waals surface area contributed by atoms with Gasteiger partial charge in [0.25, 0.3) is 0 Å². The Bertz CT molecular complexity index is 443. The molecule has 0 saturated carbocycles. The number of hydrogen-bond donors (Lipinski definition) is 1. The van der Waals surface area contributed by atoms with Crippen molar-refractivity contribution >= 4 is 11.4 Å². The van der Waals surface area contributed by atoms with E-state index in [2.05, 4.69) is 4.90 Å². The van der Waals surface area contributed by atoms with Crippen LogP contribution in [0.25, 0.3) is 0 Å². The van der Waals surface area contributed by atoms with E-state index in [0.29, 0.717) is 0 Å². The number of nitrogens with zero attached hydrogens (tertiary/aromatic N) is 1. The Morgan fingerprint density at radius 3 is 1.89 bits per heavy atom. The van der Waals surface area contributed by atoms with Gasteiger partial charge in [-0.25, -0.2) is 0 Å². The number of anilines is 2. The van der Waals surface area contributed by atoms with Gasteiger partial charge in [0, 0.05) is 18.4 Å². The molecule has 0 aliphatic carbocycles. The topological polar surface area (TPSA) is 32.7 Å². The molecule has 0 spiro atoms. The van der Waals surface area contributed by atoms with Crippen molar-refractivity contribution in [3.8, 4) is 5.75 Å². The molecule has 0 unspecified atom stereocenters. The summed E-state index contributed by atoms with van der Waals surface area (Å²) in [6, 6.07) is 15.7. The average molecular weight is 243 g/mol. The number of methoxy groups -OCH3 is 1. The molecule has 0 bridgehead atoms. The monoisotopic (exact) mass is 243 g/mol. The first-order chi connectivity index (χ1) is 8.74. The Morgan fingerprint density at radius 1 is 0.944 bits per heavy atom. The second kappa shape index (κ2) is 5.56. The summed E-state index contributed by atoms with van der Waals surface area (Å²) < 4.78 is 5.14. The maximum atomic E-state index is 9.01. The van der Waals surface area contributed by atoms with Crippen molar-refractivity contribution in [3.63, 3.8) is 0 Å². The molecule has 2 rings (SSSR count). The van der Waals surface area contributed by atoms with Gasteiger partial charge in [-0.1, -0.05) is 12.1 Å². The molecule has 18 heavy (non-hydrogen) atoms. The van der Waals surface area contributed by atoms with Gasteiger partial charge in [0.1, 0.15) is 5.75 Å². The summed E-state index contributed by atoms with van der Waals surface area (Å²) in [5, 5.41) is 9.01. The number of benzene rings is 2. The molecule has 0 saturated heterocycles. The van der Waals surface area contributed by atoms with E-state index in [1.54, 1.807) is 7.11 Å². The summed E-state index contributed by atoms with van der Waals surface area (Å²) in [5.74, 6) is 0.850. The van der Waals surface area contributed by atoms with Crippen LogP contribution in [-0.4, -0.2) is 19.3 Å². The van der Waals surface area contributed by atoms with Crippen LogP contribution in [0.15, 0.2) is 48.5 Å². The van der Waals surface area contributed by atoms with Crippen LogP contribution in [0.4, 0.5) is 11.4 Å². The second-order valence-electron chi connectivity index (χ2n) is 4.08. The van der Waals surface area contributed by atoms with Crippen LogP contribution in [0.2, 0.25) is 0 Å². The van der Waals surface area contributed by atoms with E-state index in [0.717, 1.165) is 22.7 Å². The number of rotatable bonds is 4. The molecule has 0 radical (unpaired) electrons. The van der Waals surface area contributed by atoms with Gasteiger partial charge in [-0.05, 0) is 42.0 Å². The highest BCUT2D eigenvalue weighted by Crippen LogP contribution is 2.25. The van der Waals surface area contributed by atoms with Crippen molar-refractivity contribution in [3.05, 3.63) is 54.1 Å². The molecule has 0 atom stereocenters. The standard InChI is InChI=1S/C15H17NO2/c1-16(13-5-3-12(11-17)4-6-13)14-7-9-15(18-2)10-8-14/h3-10,17H,11H2,1-2H3. The minimum absolute atomic E-state index is 0.0759. The fraction of sp³-hybridized carbons (Fsp3) is 0.200. The minimum atomic E-state index is 0.0759. The van der Waals surface area contributed by atoms with Gasteiger partial charge in [0.05, 0.1) is 13.7 Å². The SMILES string of the molecule is COc1ccc(N(C)c2ccc(CO)cc2)cc1. The fourth-order valence-corrected chi connectivity index (χ4v) is 1.78. The smallest absolute Gasteiger partial charge is 0.119 e. The van der Waals surface area contributed by atoms with Crippen molar-refractivity contribution in [1.29, 1.82) is 0 Å². The molecule has 0 amide bonds. The van der Waals surface area contributed by atoms with E-state index in [9.17, 15) is 0 Å². The first-order valence-electron chi connectivity index (χ1n) is 5.82. The Morgan fingerprint density at radius 2 is 1.44 bits per heavy atom. The third-order valence-electron chi connectivity index (χ3n) is 2.97. The van der Waals surface area contributed by atoms with Crippen LogP contribution in [0.5, 0.6) is 5.75 Å². The number of ether oxygens (including phenoxy) is 1. The summed E-state index contributed by atoms with van der Waals surface area (Å²) in [4.78, 5) is 2.08. The molecule has 94 valence electrons. The molecule has 0 heterocycles. The van der Waals surface area contributed by atoms with Gasteiger partial charge in [0.15, 0.2) is 0 Å². The van der Waals surface area contributed by atoms with E-state index in [1.165, 1.54) is 0 Å². The van der Waals surface area contributed by atoms with Crippen molar-refractivity contribution < 1.29 is 9.84 Å². The van der Waals surface area contributed by atoms with E-state index in [1.807, 2.05) is 55.6 Å². The fourth-order valence-electron chi connectivity index (χ4n) is 1.78. The maximum absolute atomic E-state index is 9.01. The second-order valence-corrected chi connectivity index (χ2v) is 4.08. The third-order valence-corrected chi connectivity index (χ3v) is 2.97. The largest absolute Gasteiger partial charge is 0.497 e. The molecule has 0 fully saturated rings. The van der Waals surface area contributed by atoms with Gasteiger partial charge >= 0.3 is 0 Å². The normalized spacial score (nSPS) is 10.2. The molecule has 2 aromatic carbocycles. The zero-order valence-corrected chi connectivity index (χ0v) is 10.6. The summed E-state index contributed by atoms with van der Waals surface area (Å²) >= 11 is 0. The lowest BCUT2D eigenvalue weighted by Gasteiger charge is -2.20. The first kappa shape index (κ1) is 12.5. The third kappa shape index (κ3) is 2.63. The Balaban J connectivity index is 2.20. The molecule has 1 N–H and O–H groups in total. The van der Waals surface area contributed by atoms with Crippen LogP contribution in [0.1, 0.15) is 5.56 Å². The van der Waals surface area contributed by atoms with Crippen molar-refractivity contribution in [2.45, 2.75) is 6.61 Å². The molecule has 0 aliphatic rings. The quantitative estimate of drug-likeness (QED) is 0.896. The summed E-state index contributed by atoms with van der Waals surface area (Å²) in [6.45, 7) is 0.0759. The lowest BCUT2D eigenvalue weighted by molar-refractivity contribution is 0.282. The van der Waals surface area contributed by atoms with E-state index in [4.69, 9.17) is 9.84 Å². The van der Waals surface area contributed by atoms with Gasteiger partial charge < -0.3 is 14.7 Å². The summed E-state index contributed by atoms with van der Waals surface area (Å²) in [5.41, 5.74) is 3.09. The number of aliphatic hydroxyl groups is 1. The Labute approximate surface area is 107 Å². The van der Waals surface area contributed by atoms with Crippen molar-refractivity contribution in [1.82, 2.24) is 0 Å². The first-order valence-corrected chi connectivity index (χ1v) is 5.82. The van der Waals surface area contributed by atoms with E-state index in [-0.39, 0.29) is 6.61 Å². The Kier molecular flexibility index (Phi) is 3.85. The summed E-state index contributed by atoms with van der Waals surface area (Å²) in [6.07, 6.45) is 0. The molecule has 0 aromatic heterocycles. The van der Waals surface area contributed by atoms with Crippen LogP contribution in [-0.2, 0) is 6.61 Å². The Hall–Kier alpha value is -2.00. The highest BCUT2D eigenvalue weighted by Gasteiger charge is 2.03. The van der Waals surface area contributed by atoms with Crippen LogP contribution in [0, 0.1) is 0 Å². The lowest BCUT2D eigenvalue weighted by Crippen LogP contribution is -2.09. The van der Waals surface area contributed by atoms with E-state index >= 15 is 0 Å². The van der Waals surface area contributed by atoms with Gasteiger partial charge in [-0.3, -0.25) is 0 Å². The molecule has 3 nitrogen and oxygen atoms in total.